The van der Waals surface area contributed by atoms with Crippen LogP contribution in [0.4, 0.5) is 0 Å². The first-order chi connectivity index (χ1) is 11.6. The molecule has 3 rings (SSSR count). The van der Waals surface area contributed by atoms with E-state index in [2.05, 4.69) is 0 Å². The van der Waals surface area contributed by atoms with Gasteiger partial charge < -0.3 is 10.5 Å². The second kappa shape index (κ2) is 6.67. The lowest BCUT2D eigenvalue weighted by molar-refractivity contribution is 0.101. The smallest absolute Gasteiger partial charge is 0.182 e. The highest BCUT2D eigenvalue weighted by atomic mass is 32.2. The number of rotatable bonds is 7. The number of hydrogen-bond donors (Lipinski definition) is 1. The Kier molecular flexibility index (Phi) is 4.76. The molecule has 0 radical (unpaired) electrons. The maximum Gasteiger partial charge on any atom is 0.182 e. The first-order valence-electron chi connectivity index (χ1n) is 8.19. The molecule has 0 aromatic heterocycles. The van der Waals surface area contributed by atoms with Crippen molar-refractivity contribution >= 4 is 9.84 Å². The summed E-state index contributed by atoms with van der Waals surface area (Å²) in [5, 5.41) is -0.550. The molecule has 0 bridgehead atoms. The highest BCUT2D eigenvalue weighted by molar-refractivity contribution is 7.92. The zero-order valence-corrected chi connectivity index (χ0v) is 14.6. The molecule has 0 spiro atoms. The molecule has 0 aliphatic heterocycles. The number of sulfone groups is 1. The molecule has 0 heterocycles. The van der Waals surface area contributed by atoms with Crippen LogP contribution in [-0.2, 0) is 14.6 Å². The third-order valence-electron chi connectivity index (χ3n) is 4.90. The van der Waals surface area contributed by atoms with E-state index in [-0.39, 0.29) is 12.5 Å². The minimum absolute atomic E-state index is 0.138. The van der Waals surface area contributed by atoms with Crippen LogP contribution in [0.1, 0.15) is 18.4 Å². The van der Waals surface area contributed by atoms with Gasteiger partial charge >= 0.3 is 0 Å². The molecular weight excluding hydrogens is 322 g/mol. The van der Waals surface area contributed by atoms with Crippen molar-refractivity contribution in [1.29, 1.82) is 0 Å². The molecular formula is C19H23NO3S. The maximum atomic E-state index is 13.2. The third-order valence-corrected chi connectivity index (χ3v) is 7.24. The van der Waals surface area contributed by atoms with Gasteiger partial charge in [0.1, 0.15) is 0 Å². The number of ether oxygens (including phenoxy) is 1. The Balaban J connectivity index is 2.03. The molecule has 1 saturated carbocycles. The minimum atomic E-state index is -3.47. The van der Waals surface area contributed by atoms with Crippen LogP contribution in [0.3, 0.4) is 0 Å². The average molecular weight is 345 g/mol. The van der Waals surface area contributed by atoms with Crippen LogP contribution < -0.4 is 5.73 Å². The van der Waals surface area contributed by atoms with Crippen molar-refractivity contribution in [3.8, 4) is 0 Å². The summed E-state index contributed by atoms with van der Waals surface area (Å²) in [6.45, 7) is 3.09. The van der Waals surface area contributed by atoms with Crippen molar-refractivity contribution in [2.45, 2.75) is 23.0 Å². The Morgan fingerprint density at radius 1 is 1.04 bits per heavy atom. The molecule has 3 atom stereocenters. The average Bonchev–Trinajstić information content (AvgIpc) is 3.32. The molecule has 4 nitrogen and oxygen atoms in total. The van der Waals surface area contributed by atoms with Crippen molar-refractivity contribution in [3.05, 3.63) is 66.2 Å². The Morgan fingerprint density at radius 2 is 1.62 bits per heavy atom. The van der Waals surface area contributed by atoms with E-state index in [0.29, 0.717) is 18.1 Å². The Bertz CT molecular complexity index is 777. The summed E-state index contributed by atoms with van der Waals surface area (Å²) < 4.78 is 32.0. The summed E-state index contributed by atoms with van der Waals surface area (Å²) in [4.78, 5) is 0.350. The van der Waals surface area contributed by atoms with Gasteiger partial charge in [0.2, 0.25) is 0 Å². The van der Waals surface area contributed by atoms with Gasteiger partial charge in [0.05, 0.1) is 16.8 Å². The molecule has 2 aromatic rings. The van der Waals surface area contributed by atoms with Gasteiger partial charge in [0.25, 0.3) is 0 Å². The summed E-state index contributed by atoms with van der Waals surface area (Å²) in [5.74, 6) is -0.138. The van der Waals surface area contributed by atoms with Gasteiger partial charge in [0, 0.05) is 24.5 Å². The molecule has 0 saturated heterocycles. The van der Waals surface area contributed by atoms with Crippen LogP contribution in [-0.4, -0.2) is 33.4 Å². The van der Waals surface area contributed by atoms with Gasteiger partial charge in [-0.05, 0) is 24.6 Å². The molecule has 1 aliphatic carbocycles. The topological polar surface area (TPSA) is 69.4 Å². The second-order valence-corrected chi connectivity index (χ2v) is 8.31. The Labute approximate surface area is 143 Å². The summed E-state index contributed by atoms with van der Waals surface area (Å²) >= 11 is 0. The Hall–Kier alpha value is -1.69. The van der Waals surface area contributed by atoms with Gasteiger partial charge in [-0.15, -0.1) is 0 Å². The molecule has 5 heteroatoms. The zero-order chi connectivity index (χ0) is 17.2. The maximum absolute atomic E-state index is 13.2. The van der Waals surface area contributed by atoms with Gasteiger partial charge in [0.15, 0.2) is 9.84 Å². The van der Waals surface area contributed by atoms with E-state index in [1.165, 1.54) is 0 Å². The van der Waals surface area contributed by atoms with Crippen LogP contribution >= 0.6 is 0 Å². The van der Waals surface area contributed by atoms with Crippen LogP contribution in [0, 0.1) is 5.41 Å². The third kappa shape index (κ3) is 2.77. The van der Waals surface area contributed by atoms with E-state index in [9.17, 15) is 8.42 Å². The first-order valence-corrected chi connectivity index (χ1v) is 9.74. The van der Waals surface area contributed by atoms with Gasteiger partial charge in [-0.2, -0.15) is 0 Å². The fourth-order valence-corrected chi connectivity index (χ4v) is 6.10. The lowest BCUT2D eigenvalue weighted by atomic mass is 10.0. The fraction of sp³-hybridized carbons (Fsp3) is 0.368. The molecule has 1 fully saturated rings. The summed E-state index contributed by atoms with van der Waals surface area (Å²) in [6.07, 6.45) is 0. The van der Waals surface area contributed by atoms with Crippen molar-refractivity contribution in [2.75, 3.05) is 19.8 Å². The van der Waals surface area contributed by atoms with E-state index in [1.54, 1.807) is 24.3 Å². The Morgan fingerprint density at radius 3 is 2.17 bits per heavy atom. The van der Waals surface area contributed by atoms with Crippen molar-refractivity contribution in [1.82, 2.24) is 0 Å². The quantitative estimate of drug-likeness (QED) is 0.837. The van der Waals surface area contributed by atoms with E-state index in [4.69, 9.17) is 10.5 Å². The zero-order valence-electron chi connectivity index (χ0n) is 13.8. The number of nitrogens with two attached hydrogens (primary N) is 1. The van der Waals surface area contributed by atoms with Crippen LogP contribution in [0.25, 0.3) is 0 Å². The molecule has 24 heavy (non-hydrogen) atoms. The standard InChI is InChI=1S/C19H23NO3S/c1-2-23-14-19(13-20)17(15-9-5-3-6-10-15)18(19)24(21,22)16-11-7-4-8-12-16/h3-12,17-18H,2,13-14,20H2,1H3/t17-,18+,19-/m1/s1. The fourth-order valence-electron chi connectivity index (χ4n) is 3.63. The predicted molar refractivity (Wildman–Crippen MR) is 94.6 cm³/mol. The largest absolute Gasteiger partial charge is 0.381 e. The molecule has 2 N–H and O–H groups in total. The molecule has 0 unspecified atom stereocenters. The van der Waals surface area contributed by atoms with Crippen LogP contribution in [0.2, 0.25) is 0 Å². The second-order valence-electron chi connectivity index (χ2n) is 6.24. The molecule has 0 amide bonds. The van der Waals surface area contributed by atoms with E-state index < -0.39 is 20.5 Å². The van der Waals surface area contributed by atoms with E-state index in [1.807, 2.05) is 43.3 Å². The van der Waals surface area contributed by atoms with Crippen LogP contribution in [0.15, 0.2) is 65.6 Å². The highest BCUT2D eigenvalue weighted by Gasteiger charge is 2.70. The highest BCUT2D eigenvalue weighted by Crippen LogP contribution is 2.63. The summed E-state index contributed by atoms with van der Waals surface area (Å²) in [5.41, 5.74) is 6.50. The molecule has 1 aliphatic rings. The SMILES string of the molecule is CCOC[C@]1(CN)[C@H](c2ccccc2)[C@@H]1S(=O)(=O)c1ccccc1. The number of hydrogen-bond acceptors (Lipinski definition) is 4. The van der Waals surface area contributed by atoms with Gasteiger partial charge in [-0.25, -0.2) is 8.42 Å². The van der Waals surface area contributed by atoms with Crippen molar-refractivity contribution in [3.63, 3.8) is 0 Å². The van der Waals surface area contributed by atoms with Crippen molar-refractivity contribution < 1.29 is 13.2 Å². The van der Waals surface area contributed by atoms with Gasteiger partial charge in [-0.3, -0.25) is 0 Å². The van der Waals surface area contributed by atoms with Gasteiger partial charge in [-0.1, -0.05) is 48.5 Å². The monoisotopic (exact) mass is 345 g/mol. The summed E-state index contributed by atoms with van der Waals surface area (Å²) in [7, 11) is -3.47. The first kappa shape index (κ1) is 17.1. The summed E-state index contributed by atoms with van der Waals surface area (Å²) in [6, 6.07) is 18.4. The predicted octanol–water partition coefficient (Wildman–Crippen LogP) is 2.61. The van der Waals surface area contributed by atoms with E-state index in [0.717, 1.165) is 5.56 Å². The lowest BCUT2D eigenvalue weighted by Gasteiger charge is -2.16. The van der Waals surface area contributed by atoms with E-state index >= 15 is 0 Å². The van der Waals surface area contributed by atoms with Crippen molar-refractivity contribution in [2.24, 2.45) is 11.1 Å². The normalized spacial score (nSPS) is 26.2. The lowest BCUT2D eigenvalue weighted by Crippen LogP contribution is -2.29. The number of benzene rings is 2. The van der Waals surface area contributed by atoms with Crippen LogP contribution in [0.5, 0.6) is 0 Å². The molecule has 2 aromatic carbocycles. The molecule has 128 valence electrons. The minimum Gasteiger partial charge on any atom is -0.381 e.